The van der Waals surface area contributed by atoms with Gasteiger partial charge < -0.3 is 10.4 Å². The molecular formula is C14H15NO. The standard InChI is InChI=1S/C14H15NO/c1-15-14-7-3-6-13(9-14)12-5-2-4-11(8-12)10-16/h2-9,15-16H,10H2,1H3. The number of aliphatic hydroxyl groups excluding tert-OH is 1. The molecule has 0 heterocycles. The largest absolute Gasteiger partial charge is 0.392 e. The van der Waals surface area contributed by atoms with Gasteiger partial charge >= 0.3 is 0 Å². The van der Waals surface area contributed by atoms with Crippen molar-refractivity contribution in [1.82, 2.24) is 0 Å². The molecule has 2 aromatic carbocycles. The van der Waals surface area contributed by atoms with Crippen LogP contribution >= 0.6 is 0 Å². The van der Waals surface area contributed by atoms with Gasteiger partial charge in [-0.15, -0.1) is 0 Å². The molecule has 0 atom stereocenters. The Morgan fingerprint density at radius 3 is 2.38 bits per heavy atom. The number of benzene rings is 2. The van der Waals surface area contributed by atoms with Gasteiger partial charge in [0.1, 0.15) is 0 Å². The predicted octanol–water partition coefficient (Wildman–Crippen LogP) is 2.89. The molecule has 0 amide bonds. The van der Waals surface area contributed by atoms with Crippen molar-refractivity contribution in [3.63, 3.8) is 0 Å². The van der Waals surface area contributed by atoms with Gasteiger partial charge in [0.15, 0.2) is 0 Å². The molecule has 0 aromatic heterocycles. The maximum atomic E-state index is 9.10. The van der Waals surface area contributed by atoms with Crippen molar-refractivity contribution in [2.75, 3.05) is 12.4 Å². The van der Waals surface area contributed by atoms with Crippen LogP contribution in [-0.4, -0.2) is 12.2 Å². The molecule has 0 spiro atoms. The molecule has 82 valence electrons. The van der Waals surface area contributed by atoms with Crippen molar-refractivity contribution in [2.24, 2.45) is 0 Å². The van der Waals surface area contributed by atoms with Crippen molar-refractivity contribution >= 4 is 5.69 Å². The maximum Gasteiger partial charge on any atom is 0.0682 e. The van der Waals surface area contributed by atoms with E-state index in [0.29, 0.717) is 0 Å². The van der Waals surface area contributed by atoms with Crippen LogP contribution in [0.5, 0.6) is 0 Å². The van der Waals surface area contributed by atoms with Gasteiger partial charge in [-0.25, -0.2) is 0 Å². The molecule has 0 saturated carbocycles. The smallest absolute Gasteiger partial charge is 0.0682 e. The first-order chi connectivity index (χ1) is 7.83. The van der Waals surface area contributed by atoms with E-state index in [1.807, 2.05) is 43.4 Å². The molecule has 0 radical (unpaired) electrons. The lowest BCUT2D eigenvalue weighted by molar-refractivity contribution is 0.282. The molecule has 0 fully saturated rings. The lowest BCUT2D eigenvalue weighted by Crippen LogP contribution is -1.88. The van der Waals surface area contributed by atoms with E-state index in [-0.39, 0.29) is 6.61 Å². The third kappa shape index (κ3) is 2.23. The minimum absolute atomic E-state index is 0.0829. The third-order valence-corrected chi connectivity index (χ3v) is 2.59. The van der Waals surface area contributed by atoms with E-state index >= 15 is 0 Å². The van der Waals surface area contributed by atoms with Gasteiger partial charge in [-0.3, -0.25) is 0 Å². The monoisotopic (exact) mass is 213 g/mol. The highest BCUT2D eigenvalue weighted by Crippen LogP contribution is 2.23. The van der Waals surface area contributed by atoms with Crippen LogP contribution in [0.15, 0.2) is 48.5 Å². The molecule has 0 unspecified atom stereocenters. The zero-order valence-electron chi connectivity index (χ0n) is 9.27. The molecule has 2 rings (SSSR count). The Hall–Kier alpha value is -1.80. The average molecular weight is 213 g/mol. The van der Waals surface area contributed by atoms with Crippen LogP contribution in [0.3, 0.4) is 0 Å². The summed E-state index contributed by atoms with van der Waals surface area (Å²) >= 11 is 0. The molecule has 2 nitrogen and oxygen atoms in total. The Morgan fingerprint density at radius 1 is 1.00 bits per heavy atom. The van der Waals surface area contributed by atoms with Crippen molar-refractivity contribution in [2.45, 2.75) is 6.61 Å². The molecular weight excluding hydrogens is 198 g/mol. The van der Waals surface area contributed by atoms with E-state index in [1.165, 1.54) is 0 Å². The summed E-state index contributed by atoms with van der Waals surface area (Å²) in [5.41, 5.74) is 4.31. The summed E-state index contributed by atoms with van der Waals surface area (Å²) < 4.78 is 0. The molecule has 0 aliphatic heterocycles. The van der Waals surface area contributed by atoms with Crippen LogP contribution in [0.2, 0.25) is 0 Å². The van der Waals surface area contributed by atoms with Crippen LogP contribution in [-0.2, 0) is 6.61 Å². The van der Waals surface area contributed by atoms with Gasteiger partial charge in [0.25, 0.3) is 0 Å². The Labute approximate surface area is 95.6 Å². The number of aliphatic hydroxyl groups is 1. The summed E-state index contributed by atoms with van der Waals surface area (Å²) in [6.07, 6.45) is 0. The van der Waals surface area contributed by atoms with Gasteiger partial charge in [0, 0.05) is 12.7 Å². The van der Waals surface area contributed by atoms with Gasteiger partial charge in [-0.2, -0.15) is 0 Å². The highest BCUT2D eigenvalue weighted by Gasteiger charge is 1.99. The van der Waals surface area contributed by atoms with Crippen LogP contribution in [0.25, 0.3) is 11.1 Å². The molecule has 0 aliphatic carbocycles. The molecule has 0 aliphatic rings. The number of rotatable bonds is 3. The predicted molar refractivity (Wildman–Crippen MR) is 67.3 cm³/mol. The zero-order valence-corrected chi connectivity index (χ0v) is 9.27. The number of nitrogens with one attached hydrogen (secondary N) is 1. The first kappa shape index (κ1) is 10.7. The van der Waals surface area contributed by atoms with Crippen LogP contribution in [0.1, 0.15) is 5.56 Å². The Kier molecular flexibility index (Phi) is 3.22. The summed E-state index contributed by atoms with van der Waals surface area (Å²) in [7, 11) is 1.91. The van der Waals surface area contributed by atoms with Gasteiger partial charge in [-0.05, 0) is 34.9 Å². The average Bonchev–Trinajstić information content (AvgIpc) is 2.39. The van der Waals surface area contributed by atoms with Gasteiger partial charge in [0.05, 0.1) is 6.61 Å². The fourth-order valence-electron chi connectivity index (χ4n) is 1.70. The van der Waals surface area contributed by atoms with E-state index in [0.717, 1.165) is 22.4 Å². The molecule has 2 aromatic rings. The highest BCUT2D eigenvalue weighted by molar-refractivity contribution is 5.68. The summed E-state index contributed by atoms with van der Waals surface area (Å²) in [5, 5.41) is 12.2. The fraction of sp³-hybridized carbons (Fsp3) is 0.143. The van der Waals surface area contributed by atoms with Crippen molar-refractivity contribution in [1.29, 1.82) is 0 Å². The second kappa shape index (κ2) is 4.81. The lowest BCUT2D eigenvalue weighted by atomic mass is 10.0. The van der Waals surface area contributed by atoms with E-state index in [4.69, 9.17) is 5.11 Å². The minimum Gasteiger partial charge on any atom is -0.392 e. The van der Waals surface area contributed by atoms with Crippen LogP contribution < -0.4 is 5.32 Å². The summed E-state index contributed by atoms with van der Waals surface area (Å²) in [4.78, 5) is 0. The molecule has 0 bridgehead atoms. The van der Waals surface area contributed by atoms with Crippen LogP contribution in [0.4, 0.5) is 5.69 Å². The fourth-order valence-corrected chi connectivity index (χ4v) is 1.70. The topological polar surface area (TPSA) is 32.3 Å². The molecule has 2 heteroatoms. The van der Waals surface area contributed by atoms with Crippen molar-refractivity contribution in [3.05, 3.63) is 54.1 Å². The van der Waals surface area contributed by atoms with Gasteiger partial charge in [-0.1, -0.05) is 30.3 Å². The summed E-state index contributed by atoms with van der Waals surface area (Å²) in [6.45, 7) is 0.0829. The van der Waals surface area contributed by atoms with Crippen molar-refractivity contribution < 1.29 is 5.11 Å². The number of anilines is 1. The number of hydrogen-bond acceptors (Lipinski definition) is 2. The maximum absolute atomic E-state index is 9.10. The second-order valence-corrected chi connectivity index (χ2v) is 3.69. The van der Waals surface area contributed by atoms with E-state index in [1.54, 1.807) is 0 Å². The second-order valence-electron chi connectivity index (χ2n) is 3.69. The molecule has 16 heavy (non-hydrogen) atoms. The normalized spacial score (nSPS) is 10.1. The van der Waals surface area contributed by atoms with Gasteiger partial charge in [0.2, 0.25) is 0 Å². The lowest BCUT2D eigenvalue weighted by Gasteiger charge is -2.06. The van der Waals surface area contributed by atoms with Crippen molar-refractivity contribution in [3.8, 4) is 11.1 Å². The van der Waals surface area contributed by atoms with Crippen LogP contribution in [0, 0.1) is 0 Å². The van der Waals surface area contributed by atoms with E-state index in [2.05, 4.69) is 17.4 Å². The quantitative estimate of drug-likeness (QED) is 0.821. The van der Waals surface area contributed by atoms with E-state index in [9.17, 15) is 0 Å². The first-order valence-corrected chi connectivity index (χ1v) is 5.31. The number of hydrogen-bond donors (Lipinski definition) is 2. The zero-order chi connectivity index (χ0) is 11.4. The summed E-state index contributed by atoms with van der Waals surface area (Å²) in [5.74, 6) is 0. The Bertz CT molecular complexity index is 434. The molecule has 0 saturated heterocycles. The first-order valence-electron chi connectivity index (χ1n) is 5.31. The van der Waals surface area contributed by atoms with E-state index < -0.39 is 0 Å². The minimum atomic E-state index is 0.0829. The Morgan fingerprint density at radius 2 is 1.69 bits per heavy atom. The highest BCUT2D eigenvalue weighted by atomic mass is 16.3. The SMILES string of the molecule is CNc1cccc(-c2cccc(CO)c2)c1. The Balaban J connectivity index is 2.41. The summed E-state index contributed by atoms with van der Waals surface area (Å²) in [6, 6.07) is 16.2. The molecule has 2 N–H and O–H groups in total. The third-order valence-electron chi connectivity index (χ3n) is 2.59.